The maximum Gasteiger partial charge on any atom is 0.335 e. The van der Waals surface area contributed by atoms with E-state index in [9.17, 15) is 9.90 Å². The highest BCUT2D eigenvalue weighted by molar-refractivity contribution is 7.22. The van der Waals surface area contributed by atoms with E-state index in [0.717, 1.165) is 20.5 Å². The summed E-state index contributed by atoms with van der Waals surface area (Å²) in [6.45, 7) is 0. The SMILES string of the molecule is O=C(O)c1cc(O)cc(-c2cc3ccccc3s2)c1. The molecule has 4 heteroatoms. The second kappa shape index (κ2) is 4.40. The van der Waals surface area contributed by atoms with E-state index in [2.05, 4.69) is 0 Å². The lowest BCUT2D eigenvalue weighted by Gasteiger charge is -2.01. The Kier molecular flexibility index (Phi) is 2.72. The largest absolute Gasteiger partial charge is 0.508 e. The van der Waals surface area contributed by atoms with Crippen molar-refractivity contribution < 1.29 is 15.0 Å². The van der Waals surface area contributed by atoms with Crippen LogP contribution < -0.4 is 0 Å². The lowest BCUT2D eigenvalue weighted by atomic mass is 10.1. The Morgan fingerprint density at radius 1 is 1.05 bits per heavy atom. The van der Waals surface area contributed by atoms with E-state index in [1.54, 1.807) is 23.5 Å². The third-order valence-electron chi connectivity index (χ3n) is 2.87. The lowest BCUT2D eigenvalue weighted by Crippen LogP contribution is -1.95. The van der Waals surface area contributed by atoms with Crippen LogP contribution in [0.25, 0.3) is 20.5 Å². The van der Waals surface area contributed by atoms with Crippen molar-refractivity contribution in [1.82, 2.24) is 0 Å². The van der Waals surface area contributed by atoms with E-state index in [0.29, 0.717) is 0 Å². The Bertz CT molecular complexity index is 741. The Labute approximate surface area is 113 Å². The summed E-state index contributed by atoms with van der Waals surface area (Å²) in [5.41, 5.74) is 0.811. The summed E-state index contributed by atoms with van der Waals surface area (Å²) in [5.74, 6) is -1.08. The molecule has 0 spiro atoms. The van der Waals surface area contributed by atoms with Gasteiger partial charge in [0.15, 0.2) is 0 Å². The average Bonchev–Trinajstić information content (AvgIpc) is 2.81. The van der Waals surface area contributed by atoms with Crippen LogP contribution >= 0.6 is 11.3 Å². The number of aromatic carboxylic acids is 1. The van der Waals surface area contributed by atoms with Gasteiger partial charge in [-0.05, 0) is 41.3 Å². The Morgan fingerprint density at radius 3 is 2.58 bits per heavy atom. The van der Waals surface area contributed by atoms with Crippen molar-refractivity contribution in [3.8, 4) is 16.2 Å². The fraction of sp³-hybridized carbons (Fsp3) is 0. The lowest BCUT2D eigenvalue weighted by molar-refractivity contribution is 0.0696. The predicted molar refractivity (Wildman–Crippen MR) is 75.9 cm³/mol. The zero-order valence-electron chi connectivity index (χ0n) is 9.83. The molecule has 3 aromatic rings. The third kappa shape index (κ3) is 2.18. The predicted octanol–water partition coefficient (Wildman–Crippen LogP) is 3.97. The molecule has 19 heavy (non-hydrogen) atoms. The quantitative estimate of drug-likeness (QED) is 0.740. The van der Waals surface area contributed by atoms with Crippen molar-refractivity contribution in [2.75, 3.05) is 0 Å². The molecule has 0 saturated heterocycles. The summed E-state index contributed by atoms with van der Waals surface area (Å²) in [5, 5.41) is 19.7. The van der Waals surface area contributed by atoms with Crippen molar-refractivity contribution >= 4 is 27.4 Å². The molecule has 0 saturated carbocycles. The van der Waals surface area contributed by atoms with Crippen LogP contribution in [0.4, 0.5) is 0 Å². The summed E-state index contributed by atoms with van der Waals surface area (Å²) in [7, 11) is 0. The van der Waals surface area contributed by atoms with Gasteiger partial charge in [0.25, 0.3) is 0 Å². The van der Waals surface area contributed by atoms with Gasteiger partial charge in [0.2, 0.25) is 0 Å². The maximum absolute atomic E-state index is 11.0. The van der Waals surface area contributed by atoms with Gasteiger partial charge in [0.1, 0.15) is 5.75 Å². The van der Waals surface area contributed by atoms with Gasteiger partial charge in [-0.3, -0.25) is 0 Å². The minimum atomic E-state index is -1.04. The molecule has 0 bridgehead atoms. The van der Waals surface area contributed by atoms with Crippen LogP contribution in [-0.2, 0) is 0 Å². The van der Waals surface area contributed by atoms with E-state index >= 15 is 0 Å². The number of phenols is 1. The highest BCUT2D eigenvalue weighted by Crippen LogP contribution is 2.35. The van der Waals surface area contributed by atoms with E-state index in [-0.39, 0.29) is 11.3 Å². The molecule has 2 aromatic carbocycles. The second-order valence-corrected chi connectivity index (χ2v) is 5.31. The number of thiophene rings is 1. The molecular weight excluding hydrogens is 260 g/mol. The van der Waals surface area contributed by atoms with Gasteiger partial charge in [-0.1, -0.05) is 18.2 Å². The summed E-state index contributed by atoms with van der Waals surface area (Å²) >= 11 is 1.58. The van der Waals surface area contributed by atoms with Crippen molar-refractivity contribution in [3.63, 3.8) is 0 Å². The fourth-order valence-corrected chi connectivity index (χ4v) is 3.05. The van der Waals surface area contributed by atoms with Crippen molar-refractivity contribution in [2.45, 2.75) is 0 Å². The molecule has 3 nitrogen and oxygen atoms in total. The van der Waals surface area contributed by atoms with Gasteiger partial charge >= 0.3 is 5.97 Å². The molecule has 1 heterocycles. The van der Waals surface area contributed by atoms with Crippen LogP contribution in [0.3, 0.4) is 0 Å². The number of aromatic hydroxyl groups is 1. The molecule has 94 valence electrons. The first kappa shape index (κ1) is 11.7. The van der Waals surface area contributed by atoms with Crippen LogP contribution in [0.5, 0.6) is 5.75 Å². The number of hydrogen-bond donors (Lipinski definition) is 2. The van der Waals surface area contributed by atoms with Crippen molar-refractivity contribution in [3.05, 3.63) is 54.1 Å². The highest BCUT2D eigenvalue weighted by Gasteiger charge is 2.10. The normalized spacial score (nSPS) is 10.7. The summed E-state index contributed by atoms with van der Waals surface area (Å²) in [6.07, 6.45) is 0. The van der Waals surface area contributed by atoms with E-state index < -0.39 is 5.97 Å². The number of carboxylic acid groups (broad SMARTS) is 1. The monoisotopic (exact) mass is 270 g/mol. The van der Waals surface area contributed by atoms with Crippen LogP contribution in [0.2, 0.25) is 0 Å². The van der Waals surface area contributed by atoms with Crippen LogP contribution in [-0.4, -0.2) is 16.2 Å². The van der Waals surface area contributed by atoms with Gasteiger partial charge in [0, 0.05) is 9.58 Å². The zero-order valence-corrected chi connectivity index (χ0v) is 10.6. The van der Waals surface area contributed by atoms with Gasteiger partial charge in [-0.15, -0.1) is 11.3 Å². The third-order valence-corrected chi connectivity index (χ3v) is 4.04. The molecule has 0 aliphatic heterocycles. The van der Waals surface area contributed by atoms with Gasteiger partial charge in [0.05, 0.1) is 5.56 Å². The summed E-state index contributed by atoms with van der Waals surface area (Å²) in [6, 6.07) is 14.4. The first-order valence-electron chi connectivity index (χ1n) is 5.70. The number of carbonyl (C=O) groups is 1. The molecule has 3 rings (SSSR count). The molecule has 0 atom stereocenters. The number of carboxylic acids is 1. The highest BCUT2D eigenvalue weighted by atomic mass is 32.1. The van der Waals surface area contributed by atoms with Crippen LogP contribution in [0.15, 0.2) is 48.5 Å². The average molecular weight is 270 g/mol. The molecule has 0 unspecified atom stereocenters. The molecular formula is C15H10O3S. The summed E-state index contributed by atoms with van der Waals surface area (Å²) < 4.78 is 1.14. The number of fused-ring (bicyclic) bond motifs is 1. The van der Waals surface area contributed by atoms with Gasteiger partial charge in [-0.25, -0.2) is 4.79 Å². The van der Waals surface area contributed by atoms with E-state index in [1.165, 1.54) is 6.07 Å². The Hall–Kier alpha value is -2.33. The van der Waals surface area contributed by atoms with Gasteiger partial charge in [-0.2, -0.15) is 0 Å². The fourth-order valence-electron chi connectivity index (χ4n) is 2.00. The number of phenolic OH excluding ortho intramolecular Hbond substituents is 1. The molecule has 0 radical (unpaired) electrons. The molecule has 0 aliphatic carbocycles. The van der Waals surface area contributed by atoms with Crippen molar-refractivity contribution in [2.24, 2.45) is 0 Å². The van der Waals surface area contributed by atoms with E-state index in [1.807, 2.05) is 30.3 Å². The van der Waals surface area contributed by atoms with Crippen LogP contribution in [0.1, 0.15) is 10.4 Å². The first-order chi connectivity index (χ1) is 9.13. The Balaban J connectivity index is 2.17. The smallest absolute Gasteiger partial charge is 0.335 e. The first-order valence-corrected chi connectivity index (χ1v) is 6.51. The molecule has 2 N–H and O–H groups in total. The second-order valence-electron chi connectivity index (χ2n) is 4.22. The number of benzene rings is 2. The van der Waals surface area contributed by atoms with Crippen LogP contribution in [0, 0.1) is 0 Å². The minimum absolute atomic E-state index is 0.0349. The minimum Gasteiger partial charge on any atom is -0.508 e. The molecule has 1 aromatic heterocycles. The van der Waals surface area contributed by atoms with E-state index in [4.69, 9.17) is 5.11 Å². The number of rotatable bonds is 2. The Morgan fingerprint density at radius 2 is 1.84 bits per heavy atom. The zero-order chi connectivity index (χ0) is 13.4. The summed E-state index contributed by atoms with van der Waals surface area (Å²) in [4.78, 5) is 11.9. The topological polar surface area (TPSA) is 57.5 Å². The standard InChI is InChI=1S/C15H10O3S/c16-12-6-10(5-11(7-12)15(17)18)14-8-9-3-1-2-4-13(9)19-14/h1-8,16H,(H,17,18). The maximum atomic E-state index is 11.0. The molecule has 0 amide bonds. The molecule has 0 fully saturated rings. The molecule has 0 aliphatic rings. The van der Waals surface area contributed by atoms with Crippen molar-refractivity contribution in [1.29, 1.82) is 0 Å². The van der Waals surface area contributed by atoms with Gasteiger partial charge < -0.3 is 10.2 Å². The number of hydrogen-bond acceptors (Lipinski definition) is 3.